The van der Waals surface area contributed by atoms with E-state index in [1.165, 1.54) is 37.0 Å². The van der Waals surface area contributed by atoms with E-state index in [0.29, 0.717) is 5.92 Å². The van der Waals surface area contributed by atoms with Gasteiger partial charge in [-0.2, -0.15) is 0 Å². The SMILES string of the molecule is CCOC(c1nc(C)c(C(C)N)s1)C1CCCCC1. The van der Waals surface area contributed by atoms with Crippen molar-refractivity contribution in [3.8, 4) is 0 Å². The Bertz CT molecular complexity index is 397. The Morgan fingerprint density at radius 2 is 2.05 bits per heavy atom. The second-order valence-corrected chi connectivity index (χ2v) is 6.63. The molecule has 2 rings (SSSR count). The van der Waals surface area contributed by atoms with Crippen molar-refractivity contribution in [2.75, 3.05) is 6.61 Å². The Labute approximate surface area is 120 Å². The Kier molecular flexibility index (Phi) is 5.37. The van der Waals surface area contributed by atoms with E-state index in [4.69, 9.17) is 15.5 Å². The van der Waals surface area contributed by atoms with E-state index in [-0.39, 0.29) is 12.1 Å². The van der Waals surface area contributed by atoms with Gasteiger partial charge < -0.3 is 10.5 Å². The minimum atomic E-state index is 0.0693. The maximum Gasteiger partial charge on any atom is 0.122 e. The van der Waals surface area contributed by atoms with Gasteiger partial charge in [0.15, 0.2) is 0 Å². The average molecular weight is 282 g/mol. The standard InChI is InChI=1S/C15H26N2OS/c1-4-18-13(12-8-6-5-7-9-12)15-17-11(3)14(19-15)10(2)16/h10,12-13H,4-9,16H2,1-3H3. The largest absolute Gasteiger partial charge is 0.371 e. The first-order valence-electron chi connectivity index (χ1n) is 7.47. The van der Waals surface area contributed by atoms with Crippen molar-refractivity contribution >= 4 is 11.3 Å². The van der Waals surface area contributed by atoms with Gasteiger partial charge in [0.05, 0.1) is 5.69 Å². The van der Waals surface area contributed by atoms with Crippen molar-refractivity contribution < 1.29 is 4.74 Å². The number of aromatic nitrogens is 1. The fourth-order valence-electron chi connectivity index (χ4n) is 3.00. The predicted molar refractivity (Wildman–Crippen MR) is 80.4 cm³/mol. The number of hydrogen-bond donors (Lipinski definition) is 1. The number of aryl methyl sites for hydroxylation is 1. The first kappa shape index (κ1) is 14.9. The lowest BCUT2D eigenvalue weighted by molar-refractivity contribution is 0.00545. The third kappa shape index (κ3) is 3.56. The normalized spacial score (nSPS) is 20.4. The molecule has 19 heavy (non-hydrogen) atoms. The average Bonchev–Trinajstić information content (AvgIpc) is 2.79. The van der Waals surface area contributed by atoms with Crippen molar-refractivity contribution in [3.05, 3.63) is 15.6 Å². The molecule has 1 aliphatic carbocycles. The van der Waals surface area contributed by atoms with Crippen LogP contribution in [0.3, 0.4) is 0 Å². The molecular weight excluding hydrogens is 256 g/mol. The van der Waals surface area contributed by atoms with Crippen LogP contribution in [0.4, 0.5) is 0 Å². The topological polar surface area (TPSA) is 48.1 Å². The maximum atomic E-state index is 6.02. The number of ether oxygens (including phenoxy) is 1. The van der Waals surface area contributed by atoms with E-state index in [2.05, 4.69) is 13.8 Å². The number of hydrogen-bond acceptors (Lipinski definition) is 4. The summed E-state index contributed by atoms with van der Waals surface area (Å²) in [5.74, 6) is 0.639. The Morgan fingerprint density at radius 1 is 1.37 bits per heavy atom. The Balaban J connectivity index is 2.20. The highest BCUT2D eigenvalue weighted by molar-refractivity contribution is 7.11. The van der Waals surface area contributed by atoms with Crippen molar-refractivity contribution in [3.63, 3.8) is 0 Å². The molecule has 1 heterocycles. The van der Waals surface area contributed by atoms with Gasteiger partial charge in [0.25, 0.3) is 0 Å². The Morgan fingerprint density at radius 3 is 2.58 bits per heavy atom. The second-order valence-electron chi connectivity index (χ2n) is 5.56. The summed E-state index contributed by atoms with van der Waals surface area (Å²) in [7, 11) is 0. The zero-order valence-electron chi connectivity index (χ0n) is 12.3. The number of nitrogens with zero attached hydrogens (tertiary/aromatic N) is 1. The highest BCUT2D eigenvalue weighted by Gasteiger charge is 2.29. The van der Waals surface area contributed by atoms with Crippen LogP contribution in [-0.4, -0.2) is 11.6 Å². The van der Waals surface area contributed by atoms with E-state index in [0.717, 1.165) is 17.3 Å². The predicted octanol–water partition coefficient (Wildman–Crippen LogP) is 4.13. The molecule has 0 aliphatic heterocycles. The first-order valence-corrected chi connectivity index (χ1v) is 8.29. The molecule has 0 radical (unpaired) electrons. The second kappa shape index (κ2) is 6.82. The lowest BCUT2D eigenvalue weighted by Gasteiger charge is -2.28. The van der Waals surface area contributed by atoms with E-state index >= 15 is 0 Å². The van der Waals surface area contributed by atoms with E-state index in [9.17, 15) is 0 Å². The van der Waals surface area contributed by atoms with Crippen LogP contribution in [0.5, 0.6) is 0 Å². The molecule has 0 spiro atoms. The van der Waals surface area contributed by atoms with Gasteiger partial charge in [-0.3, -0.25) is 0 Å². The summed E-state index contributed by atoms with van der Waals surface area (Å²) in [5, 5.41) is 1.14. The summed E-state index contributed by atoms with van der Waals surface area (Å²) in [6, 6.07) is 0.0693. The highest BCUT2D eigenvalue weighted by atomic mass is 32.1. The molecule has 0 amide bonds. The van der Waals surface area contributed by atoms with Crippen LogP contribution in [0.1, 0.15) is 73.7 Å². The quantitative estimate of drug-likeness (QED) is 0.883. The first-order chi connectivity index (χ1) is 9.13. The zero-order chi connectivity index (χ0) is 13.8. The minimum absolute atomic E-state index is 0.0693. The summed E-state index contributed by atoms with van der Waals surface area (Å²) in [6.07, 6.45) is 6.77. The molecule has 1 aliphatic rings. The lowest BCUT2D eigenvalue weighted by atomic mass is 9.85. The maximum absolute atomic E-state index is 6.02. The molecule has 2 unspecified atom stereocenters. The molecule has 0 bridgehead atoms. The van der Waals surface area contributed by atoms with Crippen LogP contribution in [0.2, 0.25) is 0 Å². The van der Waals surface area contributed by atoms with Gasteiger partial charge in [0, 0.05) is 17.5 Å². The molecule has 1 aromatic rings. The van der Waals surface area contributed by atoms with E-state index in [1.807, 2.05) is 6.92 Å². The fraction of sp³-hybridized carbons (Fsp3) is 0.800. The van der Waals surface area contributed by atoms with Crippen LogP contribution >= 0.6 is 11.3 Å². The molecule has 1 saturated carbocycles. The summed E-state index contributed by atoms with van der Waals surface area (Å²) >= 11 is 1.75. The monoisotopic (exact) mass is 282 g/mol. The highest BCUT2D eigenvalue weighted by Crippen LogP contribution is 2.39. The van der Waals surface area contributed by atoms with Crippen LogP contribution in [-0.2, 0) is 4.74 Å². The summed E-state index contributed by atoms with van der Waals surface area (Å²) in [4.78, 5) is 5.94. The third-order valence-electron chi connectivity index (χ3n) is 3.93. The molecule has 0 aromatic carbocycles. The summed E-state index contributed by atoms with van der Waals surface area (Å²) in [5.41, 5.74) is 7.09. The van der Waals surface area contributed by atoms with Crippen LogP contribution < -0.4 is 5.73 Å². The Hall–Kier alpha value is -0.450. The van der Waals surface area contributed by atoms with Gasteiger partial charge in [0.2, 0.25) is 0 Å². The van der Waals surface area contributed by atoms with Gasteiger partial charge in [-0.15, -0.1) is 11.3 Å². The molecule has 0 saturated heterocycles. The van der Waals surface area contributed by atoms with Gasteiger partial charge in [-0.05, 0) is 39.5 Å². The zero-order valence-corrected chi connectivity index (χ0v) is 13.1. The van der Waals surface area contributed by atoms with Gasteiger partial charge in [-0.25, -0.2) is 4.98 Å². The lowest BCUT2D eigenvalue weighted by Crippen LogP contribution is -2.19. The van der Waals surface area contributed by atoms with Crippen molar-refractivity contribution in [2.24, 2.45) is 11.7 Å². The number of thiazole rings is 1. The van der Waals surface area contributed by atoms with Crippen molar-refractivity contribution in [1.29, 1.82) is 0 Å². The van der Waals surface area contributed by atoms with Gasteiger partial charge >= 0.3 is 0 Å². The molecule has 1 aromatic heterocycles. The molecular formula is C15H26N2OS. The molecule has 108 valence electrons. The fourth-order valence-corrected chi connectivity index (χ4v) is 4.16. The van der Waals surface area contributed by atoms with Crippen LogP contribution in [0.15, 0.2) is 0 Å². The van der Waals surface area contributed by atoms with Crippen LogP contribution in [0.25, 0.3) is 0 Å². The summed E-state index contributed by atoms with van der Waals surface area (Å²) < 4.78 is 6.02. The van der Waals surface area contributed by atoms with Crippen molar-refractivity contribution in [1.82, 2.24) is 4.98 Å². The molecule has 4 heteroatoms. The van der Waals surface area contributed by atoms with Gasteiger partial charge in [0.1, 0.15) is 11.1 Å². The number of rotatable bonds is 5. The molecule has 2 atom stereocenters. The van der Waals surface area contributed by atoms with Gasteiger partial charge in [-0.1, -0.05) is 19.3 Å². The third-order valence-corrected chi connectivity index (χ3v) is 5.35. The summed E-state index contributed by atoms with van der Waals surface area (Å²) in [6.45, 7) is 6.92. The minimum Gasteiger partial charge on any atom is -0.371 e. The smallest absolute Gasteiger partial charge is 0.122 e. The molecule has 2 N–H and O–H groups in total. The van der Waals surface area contributed by atoms with E-state index in [1.54, 1.807) is 11.3 Å². The number of nitrogens with two attached hydrogens (primary N) is 1. The molecule has 3 nitrogen and oxygen atoms in total. The molecule has 1 fully saturated rings. The van der Waals surface area contributed by atoms with Crippen molar-refractivity contribution in [2.45, 2.75) is 65.0 Å². The van der Waals surface area contributed by atoms with Crippen LogP contribution in [0, 0.1) is 12.8 Å². The van der Waals surface area contributed by atoms with E-state index < -0.39 is 0 Å².